The lowest BCUT2D eigenvalue weighted by Crippen LogP contribution is -2.46. The smallest absolute Gasteiger partial charge is 0.315 e. The van der Waals surface area contributed by atoms with Crippen LogP contribution in [-0.2, 0) is 0 Å². The largest absolute Gasteiger partial charge is 0.394 e. The first-order valence-electron chi connectivity index (χ1n) is 8.54. The summed E-state index contributed by atoms with van der Waals surface area (Å²) in [5.41, 5.74) is 0.910. The summed E-state index contributed by atoms with van der Waals surface area (Å²) in [6.45, 7) is 7.20. The van der Waals surface area contributed by atoms with E-state index in [0.29, 0.717) is 18.5 Å². The minimum atomic E-state index is -0.369. The molecule has 2 rings (SSSR count). The molecule has 0 aromatic heterocycles. The maximum atomic E-state index is 12.1. The lowest BCUT2D eigenvalue weighted by Gasteiger charge is -2.26. The van der Waals surface area contributed by atoms with Gasteiger partial charge in [0, 0.05) is 19.1 Å². The fraction of sp³-hybridized carbons (Fsp3) is 0.611. The third-order valence-corrected chi connectivity index (χ3v) is 4.29. The summed E-state index contributed by atoms with van der Waals surface area (Å²) in [6.07, 6.45) is 2.33. The Kier molecular flexibility index (Phi) is 6.86. The number of aliphatic hydroxyl groups excluding tert-OH is 1. The zero-order valence-corrected chi connectivity index (χ0v) is 14.2. The number of nitrogens with one attached hydrogen (secondary N) is 2. The van der Waals surface area contributed by atoms with E-state index in [2.05, 4.69) is 29.4 Å². The van der Waals surface area contributed by atoms with Crippen LogP contribution in [0.15, 0.2) is 30.3 Å². The van der Waals surface area contributed by atoms with Gasteiger partial charge in [0.05, 0.1) is 12.6 Å². The highest BCUT2D eigenvalue weighted by Crippen LogP contribution is 2.18. The molecule has 2 amide bonds. The number of benzene rings is 1. The van der Waals surface area contributed by atoms with Gasteiger partial charge in [-0.3, -0.25) is 4.90 Å². The first-order valence-corrected chi connectivity index (χ1v) is 8.54. The van der Waals surface area contributed by atoms with Gasteiger partial charge < -0.3 is 15.7 Å². The third kappa shape index (κ3) is 5.52. The van der Waals surface area contributed by atoms with E-state index >= 15 is 0 Å². The standard InChI is InChI=1S/C18H29N3O2/c1-14(2)12-21-10-6-9-16(21)11-19-18(23)20-17(13-22)15-7-4-3-5-8-15/h3-5,7-8,14,16-17,22H,6,9-13H2,1-2H3,(H2,19,20,23)/t16-,17?/m0/s1. The van der Waals surface area contributed by atoms with Crippen molar-refractivity contribution in [2.75, 3.05) is 26.2 Å². The van der Waals surface area contributed by atoms with Gasteiger partial charge >= 0.3 is 6.03 Å². The number of aliphatic hydroxyl groups is 1. The van der Waals surface area contributed by atoms with Crippen LogP contribution in [0.3, 0.4) is 0 Å². The molecule has 0 aliphatic carbocycles. The molecule has 5 nitrogen and oxygen atoms in total. The van der Waals surface area contributed by atoms with Crippen molar-refractivity contribution >= 4 is 6.03 Å². The van der Waals surface area contributed by atoms with Crippen molar-refractivity contribution < 1.29 is 9.90 Å². The number of carbonyl (C=O) groups excluding carboxylic acids is 1. The number of amides is 2. The number of carbonyl (C=O) groups is 1. The number of hydrogen-bond donors (Lipinski definition) is 3. The second-order valence-electron chi connectivity index (χ2n) is 6.69. The zero-order valence-electron chi connectivity index (χ0n) is 14.2. The van der Waals surface area contributed by atoms with E-state index < -0.39 is 0 Å². The molecule has 0 saturated carbocycles. The zero-order chi connectivity index (χ0) is 16.7. The van der Waals surface area contributed by atoms with Gasteiger partial charge in [-0.1, -0.05) is 44.2 Å². The highest BCUT2D eigenvalue weighted by Gasteiger charge is 2.25. The summed E-state index contributed by atoms with van der Waals surface area (Å²) in [4.78, 5) is 14.6. The normalized spacial score (nSPS) is 19.7. The van der Waals surface area contributed by atoms with E-state index in [9.17, 15) is 9.90 Å². The van der Waals surface area contributed by atoms with Crippen LogP contribution in [0.1, 0.15) is 38.3 Å². The maximum Gasteiger partial charge on any atom is 0.315 e. The number of rotatable bonds is 7. The van der Waals surface area contributed by atoms with E-state index in [1.54, 1.807) is 0 Å². The molecule has 0 radical (unpaired) electrons. The summed E-state index contributed by atoms with van der Waals surface area (Å²) >= 11 is 0. The molecular formula is C18H29N3O2. The third-order valence-electron chi connectivity index (χ3n) is 4.29. The highest BCUT2D eigenvalue weighted by molar-refractivity contribution is 5.74. The van der Waals surface area contributed by atoms with Crippen LogP contribution in [0.5, 0.6) is 0 Å². The second kappa shape index (κ2) is 8.89. The van der Waals surface area contributed by atoms with E-state index in [1.165, 1.54) is 6.42 Å². The highest BCUT2D eigenvalue weighted by atomic mass is 16.3. The topological polar surface area (TPSA) is 64.6 Å². The van der Waals surface area contributed by atoms with Crippen molar-refractivity contribution in [2.45, 2.75) is 38.8 Å². The minimum absolute atomic E-state index is 0.111. The quantitative estimate of drug-likeness (QED) is 0.721. The van der Waals surface area contributed by atoms with Crippen molar-refractivity contribution in [2.24, 2.45) is 5.92 Å². The lowest BCUT2D eigenvalue weighted by atomic mass is 10.1. The number of urea groups is 1. The van der Waals surface area contributed by atoms with Crippen LogP contribution in [0, 0.1) is 5.92 Å². The van der Waals surface area contributed by atoms with Gasteiger partial charge in [-0.25, -0.2) is 4.79 Å². The van der Waals surface area contributed by atoms with Gasteiger partial charge in [-0.15, -0.1) is 0 Å². The Morgan fingerprint density at radius 2 is 2.09 bits per heavy atom. The number of hydrogen-bond acceptors (Lipinski definition) is 3. The molecular weight excluding hydrogens is 290 g/mol. The van der Waals surface area contributed by atoms with Crippen LogP contribution < -0.4 is 10.6 Å². The molecule has 2 atom stereocenters. The molecule has 1 unspecified atom stereocenters. The molecule has 1 aromatic carbocycles. The molecule has 128 valence electrons. The Morgan fingerprint density at radius 3 is 2.74 bits per heavy atom. The molecule has 1 aromatic rings. The van der Waals surface area contributed by atoms with Crippen molar-refractivity contribution in [3.63, 3.8) is 0 Å². The average Bonchev–Trinajstić information content (AvgIpc) is 2.98. The van der Waals surface area contributed by atoms with Crippen LogP contribution in [0.2, 0.25) is 0 Å². The Balaban J connectivity index is 1.80. The number of likely N-dealkylation sites (tertiary alicyclic amines) is 1. The predicted octanol–water partition coefficient (Wildman–Crippen LogP) is 2.14. The molecule has 1 heterocycles. The Morgan fingerprint density at radius 1 is 1.35 bits per heavy atom. The van der Waals surface area contributed by atoms with Crippen molar-refractivity contribution in [3.05, 3.63) is 35.9 Å². The molecule has 0 bridgehead atoms. The van der Waals surface area contributed by atoms with Gasteiger partial charge in [-0.05, 0) is 30.9 Å². The maximum absolute atomic E-state index is 12.1. The van der Waals surface area contributed by atoms with E-state index in [0.717, 1.165) is 25.1 Å². The fourth-order valence-corrected chi connectivity index (χ4v) is 3.18. The summed E-state index contributed by atoms with van der Waals surface area (Å²) < 4.78 is 0. The summed E-state index contributed by atoms with van der Waals surface area (Å²) in [5.74, 6) is 0.640. The molecule has 0 spiro atoms. The first-order chi connectivity index (χ1) is 11.1. The second-order valence-corrected chi connectivity index (χ2v) is 6.69. The van der Waals surface area contributed by atoms with Gasteiger partial charge in [0.1, 0.15) is 0 Å². The van der Waals surface area contributed by atoms with Gasteiger partial charge in [0.15, 0.2) is 0 Å². The summed E-state index contributed by atoms with van der Waals surface area (Å²) in [5, 5.41) is 15.3. The van der Waals surface area contributed by atoms with Crippen molar-refractivity contribution in [1.82, 2.24) is 15.5 Å². The fourth-order valence-electron chi connectivity index (χ4n) is 3.18. The van der Waals surface area contributed by atoms with Crippen LogP contribution in [0.25, 0.3) is 0 Å². The first kappa shape index (κ1) is 17.8. The van der Waals surface area contributed by atoms with Gasteiger partial charge in [0.25, 0.3) is 0 Å². The minimum Gasteiger partial charge on any atom is -0.394 e. The molecule has 5 heteroatoms. The van der Waals surface area contributed by atoms with Crippen molar-refractivity contribution in [1.29, 1.82) is 0 Å². The van der Waals surface area contributed by atoms with E-state index in [-0.39, 0.29) is 18.7 Å². The average molecular weight is 319 g/mol. The summed E-state index contributed by atoms with van der Waals surface area (Å²) in [6, 6.07) is 9.37. The van der Waals surface area contributed by atoms with Crippen LogP contribution >= 0.6 is 0 Å². The van der Waals surface area contributed by atoms with E-state index in [1.807, 2.05) is 30.3 Å². The molecule has 1 fully saturated rings. The van der Waals surface area contributed by atoms with Crippen molar-refractivity contribution in [3.8, 4) is 0 Å². The van der Waals surface area contributed by atoms with Crippen LogP contribution in [0.4, 0.5) is 4.79 Å². The number of nitrogens with zero attached hydrogens (tertiary/aromatic N) is 1. The summed E-state index contributed by atoms with van der Waals surface area (Å²) in [7, 11) is 0. The molecule has 23 heavy (non-hydrogen) atoms. The Hall–Kier alpha value is -1.59. The van der Waals surface area contributed by atoms with E-state index in [4.69, 9.17) is 0 Å². The van der Waals surface area contributed by atoms with Crippen LogP contribution in [-0.4, -0.2) is 48.3 Å². The molecule has 3 N–H and O–H groups in total. The predicted molar refractivity (Wildman–Crippen MR) is 92.2 cm³/mol. The monoisotopic (exact) mass is 319 g/mol. The Bertz CT molecular complexity index is 478. The lowest BCUT2D eigenvalue weighted by molar-refractivity contribution is 0.203. The SMILES string of the molecule is CC(C)CN1CCC[C@H]1CNC(=O)NC(CO)c1ccccc1. The molecule has 1 aliphatic rings. The Labute approximate surface area is 139 Å². The van der Waals surface area contributed by atoms with Gasteiger partial charge in [-0.2, -0.15) is 0 Å². The van der Waals surface area contributed by atoms with Gasteiger partial charge in [0.2, 0.25) is 0 Å². The molecule has 1 aliphatic heterocycles. The molecule has 1 saturated heterocycles.